The van der Waals surface area contributed by atoms with Gasteiger partial charge < -0.3 is 10.6 Å². The van der Waals surface area contributed by atoms with Gasteiger partial charge in [0.2, 0.25) is 0 Å². The van der Waals surface area contributed by atoms with Crippen molar-refractivity contribution in [1.29, 1.82) is 0 Å². The lowest BCUT2D eigenvalue weighted by Gasteiger charge is -2.09. The van der Waals surface area contributed by atoms with E-state index in [2.05, 4.69) is 15.6 Å². The summed E-state index contributed by atoms with van der Waals surface area (Å²) in [6, 6.07) is 19.9. The van der Waals surface area contributed by atoms with Gasteiger partial charge in [-0.25, -0.2) is 0 Å². The Morgan fingerprint density at radius 1 is 0.929 bits per heavy atom. The minimum absolute atomic E-state index is 0.207. The van der Waals surface area contributed by atoms with E-state index >= 15 is 0 Å². The van der Waals surface area contributed by atoms with Crippen LogP contribution in [-0.4, -0.2) is 23.1 Å². The standard InChI is InChI=1S/C22H21N3O2S/c1-28-15-16-8-10-17(11-9-16)22(27)25-19-7-4-5-18(13-19)21(26)24-14-20-6-2-3-12-23-20/h2-13H,14-15H2,1H3,(H,24,26)(H,25,27). The molecule has 0 aliphatic carbocycles. The van der Waals surface area contributed by atoms with Crippen molar-refractivity contribution in [2.24, 2.45) is 0 Å². The maximum atomic E-state index is 12.4. The second-order valence-electron chi connectivity index (χ2n) is 6.17. The SMILES string of the molecule is CSCc1ccc(C(=O)Nc2cccc(C(=O)NCc3ccccn3)c2)cc1. The van der Waals surface area contributed by atoms with Crippen LogP contribution in [0.2, 0.25) is 0 Å². The fraction of sp³-hybridized carbons (Fsp3) is 0.136. The van der Waals surface area contributed by atoms with Crippen LogP contribution >= 0.6 is 11.8 Å². The van der Waals surface area contributed by atoms with Crippen LogP contribution in [0.5, 0.6) is 0 Å². The molecule has 0 bridgehead atoms. The molecule has 0 unspecified atom stereocenters. The van der Waals surface area contributed by atoms with E-state index in [1.807, 2.05) is 48.7 Å². The summed E-state index contributed by atoms with van der Waals surface area (Å²) in [7, 11) is 0. The third-order valence-corrected chi connectivity index (χ3v) is 4.69. The summed E-state index contributed by atoms with van der Waals surface area (Å²) in [5.74, 6) is 0.488. The first-order valence-electron chi connectivity index (χ1n) is 8.83. The van der Waals surface area contributed by atoms with Crippen molar-refractivity contribution in [2.45, 2.75) is 12.3 Å². The highest BCUT2D eigenvalue weighted by molar-refractivity contribution is 7.97. The van der Waals surface area contributed by atoms with Gasteiger partial charge >= 0.3 is 0 Å². The second kappa shape index (κ2) is 9.71. The number of carbonyl (C=O) groups is 2. The fourth-order valence-corrected chi connectivity index (χ4v) is 3.16. The number of nitrogens with zero attached hydrogens (tertiary/aromatic N) is 1. The molecule has 1 heterocycles. The molecule has 142 valence electrons. The van der Waals surface area contributed by atoms with Gasteiger partial charge in [0.1, 0.15) is 0 Å². The number of hydrogen-bond acceptors (Lipinski definition) is 4. The molecule has 0 saturated carbocycles. The molecule has 0 aliphatic rings. The highest BCUT2D eigenvalue weighted by Gasteiger charge is 2.10. The Kier molecular flexibility index (Phi) is 6.81. The molecule has 0 fully saturated rings. The summed E-state index contributed by atoms with van der Waals surface area (Å²) < 4.78 is 0. The number of rotatable bonds is 7. The van der Waals surface area contributed by atoms with E-state index in [9.17, 15) is 9.59 Å². The first-order chi connectivity index (χ1) is 13.7. The third-order valence-electron chi connectivity index (χ3n) is 4.07. The van der Waals surface area contributed by atoms with Crippen molar-refractivity contribution in [3.05, 3.63) is 95.3 Å². The average molecular weight is 391 g/mol. The molecule has 0 atom stereocenters. The van der Waals surface area contributed by atoms with Crippen LogP contribution in [0.25, 0.3) is 0 Å². The molecule has 5 nitrogen and oxygen atoms in total. The van der Waals surface area contributed by atoms with Gasteiger partial charge in [-0.3, -0.25) is 14.6 Å². The Morgan fingerprint density at radius 3 is 2.46 bits per heavy atom. The van der Waals surface area contributed by atoms with Crippen molar-refractivity contribution in [2.75, 3.05) is 11.6 Å². The molecule has 1 aromatic heterocycles. The molecule has 2 N–H and O–H groups in total. The zero-order chi connectivity index (χ0) is 19.8. The lowest BCUT2D eigenvalue weighted by molar-refractivity contribution is 0.0949. The van der Waals surface area contributed by atoms with E-state index in [0.29, 0.717) is 23.4 Å². The summed E-state index contributed by atoms with van der Waals surface area (Å²) in [5.41, 5.74) is 3.59. The van der Waals surface area contributed by atoms with Gasteiger partial charge in [-0.05, 0) is 54.3 Å². The fourth-order valence-electron chi connectivity index (χ4n) is 2.64. The summed E-state index contributed by atoms with van der Waals surface area (Å²) in [4.78, 5) is 29.0. The molecule has 3 rings (SSSR count). The maximum Gasteiger partial charge on any atom is 0.255 e. The Labute approximate surface area is 168 Å². The van der Waals surface area contributed by atoms with Gasteiger partial charge in [0.25, 0.3) is 11.8 Å². The van der Waals surface area contributed by atoms with Crippen LogP contribution in [0.3, 0.4) is 0 Å². The molecule has 0 saturated heterocycles. The van der Waals surface area contributed by atoms with E-state index in [0.717, 1.165) is 11.4 Å². The van der Waals surface area contributed by atoms with Crippen LogP contribution in [-0.2, 0) is 12.3 Å². The highest BCUT2D eigenvalue weighted by atomic mass is 32.2. The Bertz CT molecular complexity index is 944. The van der Waals surface area contributed by atoms with Gasteiger partial charge in [0.05, 0.1) is 12.2 Å². The summed E-state index contributed by atoms with van der Waals surface area (Å²) in [6.07, 6.45) is 3.73. The predicted molar refractivity (Wildman–Crippen MR) is 113 cm³/mol. The largest absolute Gasteiger partial charge is 0.346 e. The van der Waals surface area contributed by atoms with Crippen LogP contribution in [0, 0.1) is 0 Å². The van der Waals surface area contributed by atoms with E-state index in [1.54, 1.807) is 42.2 Å². The Morgan fingerprint density at radius 2 is 1.75 bits per heavy atom. The average Bonchev–Trinajstić information content (AvgIpc) is 2.73. The molecular formula is C22H21N3O2S. The third kappa shape index (κ3) is 5.44. The van der Waals surface area contributed by atoms with E-state index in [1.165, 1.54) is 5.56 Å². The summed E-state index contributed by atoms with van der Waals surface area (Å²) in [5, 5.41) is 5.67. The molecule has 3 aromatic rings. The monoisotopic (exact) mass is 391 g/mol. The quantitative estimate of drug-likeness (QED) is 0.635. The molecule has 28 heavy (non-hydrogen) atoms. The van der Waals surface area contributed by atoms with Crippen LogP contribution in [0.15, 0.2) is 72.9 Å². The molecule has 0 spiro atoms. The number of thioether (sulfide) groups is 1. The number of benzene rings is 2. The molecular weight excluding hydrogens is 370 g/mol. The number of amides is 2. The van der Waals surface area contributed by atoms with Crippen molar-refractivity contribution < 1.29 is 9.59 Å². The topological polar surface area (TPSA) is 71.1 Å². The molecule has 6 heteroatoms. The number of nitrogens with one attached hydrogen (secondary N) is 2. The first kappa shape index (κ1) is 19.6. The van der Waals surface area contributed by atoms with Crippen molar-refractivity contribution in [3.63, 3.8) is 0 Å². The minimum atomic E-state index is -0.219. The van der Waals surface area contributed by atoms with Crippen molar-refractivity contribution in [1.82, 2.24) is 10.3 Å². The summed E-state index contributed by atoms with van der Waals surface area (Å²) in [6.45, 7) is 0.346. The van der Waals surface area contributed by atoms with Crippen molar-refractivity contribution in [3.8, 4) is 0 Å². The van der Waals surface area contributed by atoms with Crippen LogP contribution in [0.4, 0.5) is 5.69 Å². The number of pyridine rings is 1. The van der Waals surface area contributed by atoms with Gasteiger partial charge in [-0.2, -0.15) is 11.8 Å². The van der Waals surface area contributed by atoms with Crippen molar-refractivity contribution >= 4 is 29.3 Å². The van der Waals surface area contributed by atoms with E-state index in [4.69, 9.17) is 0 Å². The second-order valence-corrected chi connectivity index (χ2v) is 7.03. The number of aromatic nitrogens is 1. The normalized spacial score (nSPS) is 10.3. The molecule has 2 aromatic carbocycles. The highest BCUT2D eigenvalue weighted by Crippen LogP contribution is 2.14. The van der Waals surface area contributed by atoms with E-state index in [-0.39, 0.29) is 11.8 Å². The van der Waals surface area contributed by atoms with Crippen LogP contribution < -0.4 is 10.6 Å². The smallest absolute Gasteiger partial charge is 0.255 e. The molecule has 2 amide bonds. The molecule has 0 radical (unpaired) electrons. The van der Waals surface area contributed by atoms with Gasteiger partial charge in [0.15, 0.2) is 0 Å². The Balaban J connectivity index is 1.62. The van der Waals surface area contributed by atoms with Gasteiger partial charge in [0, 0.05) is 28.8 Å². The lowest BCUT2D eigenvalue weighted by atomic mass is 10.1. The Hall–Kier alpha value is -3.12. The minimum Gasteiger partial charge on any atom is -0.346 e. The van der Waals surface area contributed by atoms with E-state index < -0.39 is 0 Å². The van der Waals surface area contributed by atoms with Gasteiger partial charge in [-0.1, -0.05) is 24.3 Å². The number of hydrogen-bond donors (Lipinski definition) is 2. The van der Waals surface area contributed by atoms with Crippen LogP contribution in [0.1, 0.15) is 32.0 Å². The zero-order valence-electron chi connectivity index (χ0n) is 15.5. The predicted octanol–water partition coefficient (Wildman–Crippen LogP) is 4.13. The maximum absolute atomic E-state index is 12.4. The summed E-state index contributed by atoms with van der Waals surface area (Å²) >= 11 is 1.74. The first-order valence-corrected chi connectivity index (χ1v) is 10.2. The molecule has 0 aliphatic heterocycles. The number of anilines is 1. The number of carbonyl (C=O) groups excluding carboxylic acids is 2. The lowest BCUT2D eigenvalue weighted by Crippen LogP contribution is -2.23. The van der Waals surface area contributed by atoms with Gasteiger partial charge in [-0.15, -0.1) is 0 Å². The zero-order valence-corrected chi connectivity index (χ0v) is 16.3.